The van der Waals surface area contributed by atoms with Crippen LogP contribution in [0.1, 0.15) is 75.6 Å². The second kappa shape index (κ2) is 6.37. The van der Waals surface area contributed by atoms with Gasteiger partial charge in [0, 0.05) is 5.41 Å². The predicted octanol–water partition coefficient (Wildman–Crippen LogP) is 7.91. The summed E-state index contributed by atoms with van der Waals surface area (Å²) in [5.74, 6) is 1.11. The van der Waals surface area contributed by atoms with Crippen molar-refractivity contribution in [1.82, 2.24) is 0 Å². The van der Waals surface area contributed by atoms with E-state index in [1.165, 1.54) is 44.5 Å². The van der Waals surface area contributed by atoms with Gasteiger partial charge >= 0.3 is 0 Å². The fourth-order valence-electron chi connectivity index (χ4n) is 4.37. The van der Waals surface area contributed by atoms with E-state index in [1.807, 2.05) is 0 Å². The van der Waals surface area contributed by atoms with Crippen LogP contribution >= 0.6 is 0 Å². The molecule has 138 valence electrons. The molecule has 0 unspecified atom stereocenters. The first kappa shape index (κ1) is 18.0. The molecule has 0 aliphatic heterocycles. The van der Waals surface area contributed by atoms with Gasteiger partial charge in [-0.1, -0.05) is 96.1 Å². The molecule has 0 spiro atoms. The highest BCUT2D eigenvalue weighted by molar-refractivity contribution is 5.83. The second-order valence-corrected chi connectivity index (χ2v) is 9.13. The standard InChI is InChI=1S/C27H30/c1-17(2)19-8-7-9-21(14-19)22-11-13-24-23-12-10-20(18(3)4)15-25(23)27(5,6)26(24)16-22/h7-18H,1-6H3. The zero-order valence-corrected chi connectivity index (χ0v) is 17.4. The largest absolute Gasteiger partial charge is 0.0614 e. The molecule has 0 bridgehead atoms. The van der Waals surface area contributed by atoms with E-state index in [1.54, 1.807) is 0 Å². The van der Waals surface area contributed by atoms with Gasteiger partial charge in [0.25, 0.3) is 0 Å². The van der Waals surface area contributed by atoms with E-state index in [0.29, 0.717) is 11.8 Å². The van der Waals surface area contributed by atoms with E-state index < -0.39 is 0 Å². The molecule has 0 fully saturated rings. The molecule has 0 heterocycles. The summed E-state index contributed by atoms with van der Waals surface area (Å²) >= 11 is 0. The van der Waals surface area contributed by atoms with Gasteiger partial charge in [-0.2, -0.15) is 0 Å². The molecular weight excluding hydrogens is 324 g/mol. The first-order valence-electron chi connectivity index (χ1n) is 10.2. The Morgan fingerprint density at radius 2 is 1.15 bits per heavy atom. The Hall–Kier alpha value is -2.34. The van der Waals surface area contributed by atoms with Crippen LogP contribution in [-0.4, -0.2) is 0 Å². The lowest BCUT2D eigenvalue weighted by Gasteiger charge is -2.23. The smallest absolute Gasteiger partial charge is 0.0159 e. The fourth-order valence-corrected chi connectivity index (χ4v) is 4.37. The van der Waals surface area contributed by atoms with E-state index in [4.69, 9.17) is 0 Å². The molecule has 0 heteroatoms. The molecule has 27 heavy (non-hydrogen) atoms. The number of fused-ring (bicyclic) bond motifs is 3. The van der Waals surface area contributed by atoms with Gasteiger partial charge in [-0.25, -0.2) is 0 Å². The van der Waals surface area contributed by atoms with Crippen molar-refractivity contribution in [3.8, 4) is 22.3 Å². The van der Waals surface area contributed by atoms with Gasteiger partial charge in [0.05, 0.1) is 0 Å². The zero-order valence-electron chi connectivity index (χ0n) is 17.4. The minimum absolute atomic E-state index is 0.0429. The zero-order chi connectivity index (χ0) is 19.3. The fraction of sp³-hybridized carbons (Fsp3) is 0.333. The summed E-state index contributed by atoms with van der Waals surface area (Å²) in [6.45, 7) is 13.8. The van der Waals surface area contributed by atoms with Crippen LogP contribution in [0.25, 0.3) is 22.3 Å². The van der Waals surface area contributed by atoms with Crippen LogP contribution in [0.2, 0.25) is 0 Å². The summed E-state index contributed by atoms with van der Waals surface area (Å²) in [5.41, 5.74) is 11.2. The second-order valence-electron chi connectivity index (χ2n) is 9.13. The van der Waals surface area contributed by atoms with Crippen molar-refractivity contribution in [2.45, 2.75) is 58.8 Å². The third-order valence-corrected chi connectivity index (χ3v) is 6.25. The van der Waals surface area contributed by atoms with Crippen LogP contribution in [0, 0.1) is 0 Å². The molecule has 0 saturated carbocycles. The van der Waals surface area contributed by atoms with Gasteiger partial charge in [0.2, 0.25) is 0 Å². The Balaban J connectivity index is 1.84. The van der Waals surface area contributed by atoms with E-state index in [2.05, 4.69) is 102 Å². The molecule has 1 aliphatic carbocycles. The number of rotatable bonds is 3. The summed E-state index contributed by atoms with van der Waals surface area (Å²) in [7, 11) is 0. The van der Waals surface area contributed by atoms with Gasteiger partial charge in [-0.15, -0.1) is 0 Å². The maximum Gasteiger partial charge on any atom is 0.0159 e. The summed E-state index contributed by atoms with van der Waals surface area (Å²) in [4.78, 5) is 0. The molecular formula is C27H30. The van der Waals surface area contributed by atoms with E-state index in [0.717, 1.165) is 0 Å². The van der Waals surface area contributed by atoms with Crippen LogP contribution in [0.4, 0.5) is 0 Å². The number of hydrogen-bond acceptors (Lipinski definition) is 0. The Bertz CT molecular complexity index is 1000. The topological polar surface area (TPSA) is 0 Å². The molecule has 0 saturated heterocycles. The van der Waals surface area contributed by atoms with Crippen molar-refractivity contribution in [1.29, 1.82) is 0 Å². The van der Waals surface area contributed by atoms with E-state index in [9.17, 15) is 0 Å². The Morgan fingerprint density at radius 1 is 0.593 bits per heavy atom. The van der Waals surface area contributed by atoms with Crippen LogP contribution in [0.15, 0.2) is 60.7 Å². The maximum atomic E-state index is 2.43. The van der Waals surface area contributed by atoms with Crippen LogP contribution in [0.5, 0.6) is 0 Å². The Labute approximate surface area is 164 Å². The molecule has 0 nitrogen and oxygen atoms in total. The maximum absolute atomic E-state index is 2.43. The first-order chi connectivity index (χ1) is 12.8. The van der Waals surface area contributed by atoms with Crippen molar-refractivity contribution < 1.29 is 0 Å². The molecule has 1 aliphatic rings. The summed E-state index contributed by atoms with van der Waals surface area (Å²) in [6.07, 6.45) is 0. The molecule has 0 radical (unpaired) electrons. The van der Waals surface area contributed by atoms with Gasteiger partial charge in [0.1, 0.15) is 0 Å². The van der Waals surface area contributed by atoms with Crippen molar-refractivity contribution in [3.05, 3.63) is 82.9 Å². The first-order valence-corrected chi connectivity index (χ1v) is 10.2. The van der Waals surface area contributed by atoms with Crippen molar-refractivity contribution in [3.63, 3.8) is 0 Å². The van der Waals surface area contributed by atoms with Gasteiger partial charge in [-0.05, 0) is 62.4 Å². The van der Waals surface area contributed by atoms with Gasteiger partial charge in [0.15, 0.2) is 0 Å². The minimum atomic E-state index is 0.0429. The molecule has 3 aromatic carbocycles. The van der Waals surface area contributed by atoms with Gasteiger partial charge in [-0.3, -0.25) is 0 Å². The molecule has 0 N–H and O–H groups in total. The van der Waals surface area contributed by atoms with Crippen LogP contribution in [-0.2, 0) is 5.41 Å². The van der Waals surface area contributed by atoms with Crippen molar-refractivity contribution in [2.24, 2.45) is 0 Å². The summed E-state index contributed by atoms with van der Waals surface area (Å²) < 4.78 is 0. The van der Waals surface area contributed by atoms with Crippen LogP contribution < -0.4 is 0 Å². The molecule has 4 rings (SSSR count). The minimum Gasteiger partial charge on any atom is -0.0614 e. The average Bonchev–Trinajstić information content (AvgIpc) is 2.88. The SMILES string of the molecule is CC(C)c1cccc(-c2ccc3c(c2)C(C)(C)c2cc(C(C)C)ccc2-3)c1. The van der Waals surface area contributed by atoms with E-state index >= 15 is 0 Å². The lowest BCUT2D eigenvalue weighted by atomic mass is 9.80. The number of hydrogen-bond donors (Lipinski definition) is 0. The third-order valence-electron chi connectivity index (χ3n) is 6.25. The highest BCUT2D eigenvalue weighted by Crippen LogP contribution is 2.50. The highest BCUT2D eigenvalue weighted by atomic mass is 14.4. The Morgan fingerprint density at radius 3 is 1.81 bits per heavy atom. The lowest BCUT2D eigenvalue weighted by Crippen LogP contribution is -2.15. The van der Waals surface area contributed by atoms with Crippen molar-refractivity contribution >= 4 is 0 Å². The van der Waals surface area contributed by atoms with Gasteiger partial charge < -0.3 is 0 Å². The van der Waals surface area contributed by atoms with Crippen LogP contribution in [0.3, 0.4) is 0 Å². The molecule has 0 amide bonds. The predicted molar refractivity (Wildman–Crippen MR) is 118 cm³/mol. The third kappa shape index (κ3) is 2.92. The monoisotopic (exact) mass is 354 g/mol. The average molecular weight is 355 g/mol. The lowest BCUT2D eigenvalue weighted by molar-refractivity contribution is 0.658. The molecule has 0 aromatic heterocycles. The molecule has 0 atom stereocenters. The summed E-state index contributed by atoms with van der Waals surface area (Å²) in [5, 5.41) is 0. The van der Waals surface area contributed by atoms with E-state index in [-0.39, 0.29) is 5.41 Å². The van der Waals surface area contributed by atoms with Crippen molar-refractivity contribution in [2.75, 3.05) is 0 Å². The highest BCUT2D eigenvalue weighted by Gasteiger charge is 2.35. The summed E-state index contributed by atoms with van der Waals surface area (Å²) in [6, 6.07) is 23.1. The molecule has 3 aromatic rings. The quantitative estimate of drug-likeness (QED) is 0.448. The Kier molecular flexibility index (Phi) is 4.26. The number of benzene rings is 3. The normalized spacial score (nSPS) is 14.5.